The monoisotopic (exact) mass is 258 g/mol. The fourth-order valence-electron chi connectivity index (χ4n) is 1.40. The molecule has 1 aromatic rings. The van der Waals surface area contributed by atoms with Gasteiger partial charge in [-0.15, -0.1) is 0 Å². The van der Waals surface area contributed by atoms with Crippen LogP contribution in [0, 0.1) is 0 Å². The van der Waals surface area contributed by atoms with Crippen molar-refractivity contribution in [3.8, 4) is 0 Å². The van der Waals surface area contributed by atoms with Crippen molar-refractivity contribution in [1.29, 1.82) is 0 Å². The van der Waals surface area contributed by atoms with E-state index in [0.29, 0.717) is 13.2 Å². The van der Waals surface area contributed by atoms with E-state index in [1.807, 2.05) is 24.3 Å². The van der Waals surface area contributed by atoms with E-state index in [1.54, 1.807) is 0 Å². The topological polar surface area (TPSA) is 38.7 Å². The summed E-state index contributed by atoms with van der Waals surface area (Å²) in [5, 5.41) is 10.1. The third-order valence-corrected chi connectivity index (χ3v) is 2.69. The van der Waals surface area contributed by atoms with Crippen molar-refractivity contribution in [2.75, 3.05) is 19.8 Å². The van der Waals surface area contributed by atoms with Crippen molar-refractivity contribution in [2.45, 2.75) is 5.79 Å². The molecule has 0 bridgehead atoms. The Bertz CT molecular complexity index is 304. The highest BCUT2D eigenvalue weighted by Gasteiger charge is 2.33. The molecule has 14 heavy (non-hydrogen) atoms. The number of rotatable bonds is 1. The molecule has 1 N–H and O–H groups in total. The third-order valence-electron chi connectivity index (χ3n) is 2.16. The van der Waals surface area contributed by atoms with Crippen LogP contribution in [0.1, 0.15) is 5.56 Å². The maximum Gasteiger partial charge on any atom is 0.216 e. The second-order valence-electron chi connectivity index (χ2n) is 3.19. The van der Waals surface area contributed by atoms with Crippen LogP contribution in [0.2, 0.25) is 0 Å². The van der Waals surface area contributed by atoms with Crippen LogP contribution in [0.4, 0.5) is 0 Å². The normalized spacial score (nSPS) is 27.6. The van der Waals surface area contributed by atoms with Crippen molar-refractivity contribution in [3.63, 3.8) is 0 Å². The van der Waals surface area contributed by atoms with Gasteiger partial charge >= 0.3 is 0 Å². The van der Waals surface area contributed by atoms with Crippen LogP contribution in [0.5, 0.6) is 0 Å². The summed E-state index contributed by atoms with van der Waals surface area (Å²) in [6.45, 7) is 1.15. The van der Waals surface area contributed by atoms with Gasteiger partial charge in [0, 0.05) is 10.0 Å². The first-order valence-corrected chi connectivity index (χ1v) is 5.20. The molecule has 0 saturated carbocycles. The molecule has 0 aliphatic carbocycles. The van der Waals surface area contributed by atoms with Crippen LogP contribution in [0.25, 0.3) is 0 Å². The molecule has 1 aliphatic rings. The van der Waals surface area contributed by atoms with E-state index in [0.717, 1.165) is 10.0 Å². The molecule has 0 aromatic heterocycles. The van der Waals surface area contributed by atoms with E-state index in [2.05, 4.69) is 15.9 Å². The van der Waals surface area contributed by atoms with E-state index in [-0.39, 0.29) is 6.61 Å². The summed E-state index contributed by atoms with van der Waals surface area (Å²) in [6, 6.07) is 7.37. The number of ether oxygens (including phenoxy) is 2. The maximum absolute atomic E-state index is 10.1. The Morgan fingerprint density at radius 2 is 1.93 bits per heavy atom. The Kier molecular flexibility index (Phi) is 2.88. The summed E-state index contributed by atoms with van der Waals surface area (Å²) in [7, 11) is 0. The highest BCUT2D eigenvalue weighted by Crippen LogP contribution is 2.26. The lowest BCUT2D eigenvalue weighted by Gasteiger charge is -2.32. The van der Waals surface area contributed by atoms with Gasteiger partial charge in [0.05, 0.1) is 13.2 Å². The molecule has 1 aromatic carbocycles. The molecule has 1 saturated heterocycles. The highest BCUT2D eigenvalue weighted by molar-refractivity contribution is 9.10. The first-order valence-electron chi connectivity index (χ1n) is 4.41. The first kappa shape index (κ1) is 10.1. The Hall–Kier alpha value is -0.420. The van der Waals surface area contributed by atoms with Gasteiger partial charge < -0.3 is 14.6 Å². The molecule has 0 spiro atoms. The van der Waals surface area contributed by atoms with E-state index < -0.39 is 5.79 Å². The molecule has 0 radical (unpaired) electrons. The van der Waals surface area contributed by atoms with E-state index in [1.165, 1.54) is 0 Å². The minimum atomic E-state index is -1.28. The van der Waals surface area contributed by atoms with Crippen molar-refractivity contribution < 1.29 is 14.6 Å². The van der Waals surface area contributed by atoms with Gasteiger partial charge in [0.1, 0.15) is 6.61 Å². The standard InChI is InChI=1S/C10H11BrO3/c11-9-3-1-8(2-4-9)10(12)7-13-5-6-14-10/h1-4,12H,5-7H2. The van der Waals surface area contributed by atoms with E-state index >= 15 is 0 Å². The molecule has 4 heteroatoms. The fraction of sp³-hybridized carbons (Fsp3) is 0.400. The zero-order chi connectivity index (χ0) is 10.0. The molecular formula is C10H11BrO3. The van der Waals surface area contributed by atoms with Gasteiger partial charge in [-0.2, -0.15) is 0 Å². The second-order valence-corrected chi connectivity index (χ2v) is 4.11. The molecule has 1 unspecified atom stereocenters. The molecule has 76 valence electrons. The SMILES string of the molecule is OC1(c2ccc(Br)cc2)COCCO1. The van der Waals surface area contributed by atoms with Crippen LogP contribution in [-0.4, -0.2) is 24.9 Å². The number of aliphatic hydroxyl groups is 1. The van der Waals surface area contributed by atoms with Crippen molar-refractivity contribution >= 4 is 15.9 Å². The number of hydrogen-bond acceptors (Lipinski definition) is 3. The molecule has 1 aliphatic heterocycles. The largest absolute Gasteiger partial charge is 0.373 e. The maximum atomic E-state index is 10.1. The first-order chi connectivity index (χ1) is 6.71. The van der Waals surface area contributed by atoms with Crippen LogP contribution in [-0.2, 0) is 15.3 Å². The summed E-state index contributed by atoms with van der Waals surface area (Å²) in [4.78, 5) is 0. The zero-order valence-electron chi connectivity index (χ0n) is 7.57. The average Bonchev–Trinajstić information content (AvgIpc) is 2.19. The quantitative estimate of drug-likeness (QED) is 0.833. The zero-order valence-corrected chi connectivity index (χ0v) is 9.16. The third kappa shape index (κ3) is 1.98. The number of benzene rings is 1. The van der Waals surface area contributed by atoms with Gasteiger partial charge in [-0.25, -0.2) is 0 Å². The number of hydrogen-bond donors (Lipinski definition) is 1. The molecule has 1 atom stereocenters. The minimum Gasteiger partial charge on any atom is -0.373 e. The lowest BCUT2D eigenvalue weighted by Crippen LogP contribution is -2.40. The molecule has 0 amide bonds. The summed E-state index contributed by atoms with van der Waals surface area (Å²) in [5.74, 6) is -1.28. The molecule has 1 heterocycles. The highest BCUT2D eigenvalue weighted by atomic mass is 79.9. The van der Waals surface area contributed by atoms with Crippen molar-refractivity contribution in [2.24, 2.45) is 0 Å². The van der Waals surface area contributed by atoms with Gasteiger partial charge in [-0.05, 0) is 12.1 Å². The van der Waals surface area contributed by atoms with Crippen LogP contribution in [0.3, 0.4) is 0 Å². The fourth-order valence-corrected chi connectivity index (χ4v) is 1.66. The minimum absolute atomic E-state index is 0.189. The lowest BCUT2D eigenvalue weighted by atomic mass is 10.1. The Morgan fingerprint density at radius 1 is 1.21 bits per heavy atom. The predicted molar refractivity (Wildman–Crippen MR) is 54.8 cm³/mol. The van der Waals surface area contributed by atoms with Gasteiger partial charge in [-0.1, -0.05) is 28.1 Å². The van der Waals surface area contributed by atoms with Gasteiger partial charge in [0.2, 0.25) is 5.79 Å². The lowest BCUT2D eigenvalue weighted by molar-refractivity contribution is -0.277. The second kappa shape index (κ2) is 3.98. The van der Waals surface area contributed by atoms with E-state index in [4.69, 9.17) is 9.47 Å². The van der Waals surface area contributed by atoms with E-state index in [9.17, 15) is 5.11 Å². The van der Waals surface area contributed by atoms with Crippen molar-refractivity contribution in [3.05, 3.63) is 34.3 Å². The van der Waals surface area contributed by atoms with Crippen LogP contribution in [0.15, 0.2) is 28.7 Å². The molecule has 3 nitrogen and oxygen atoms in total. The molecule has 2 rings (SSSR count). The smallest absolute Gasteiger partial charge is 0.216 e. The van der Waals surface area contributed by atoms with Crippen LogP contribution < -0.4 is 0 Å². The van der Waals surface area contributed by atoms with Crippen LogP contribution >= 0.6 is 15.9 Å². The van der Waals surface area contributed by atoms with Crippen molar-refractivity contribution in [1.82, 2.24) is 0 Å². The van der Waals surface area contributed by atoms with Gasteiger partial charge in [0.15, 0.2) is 0 Å². The predicted octanol–water partition coefficient (Wildman–Crippen LogP) is 1.64. The Labute approximate surface area is 90.8 Å². The number of halogens is 1. The summed E-state index contributed by atoms with van der Waals surface area (Å²) in [6.07, 6.45) is 0. The molecule has 1 fully saturated rings. The summed E-state index contributed by atoms with van der Waals surface area (Å²) >= 11 is 3.33. The summed E-state index contributed by atoms with van der Waals surface area (Å²) < 4.78 is 11.5. The molecular weight excluding hydrogens is 248 g/mol. The van der Waals surface area contributed by atoms with Gasteiger partial charge in [-0.3, -0.25) is 0 Å². The van der Waals surface area contributed by atoms with Gasteiger partial charge in [0.25, 0.3) is 0 Å². The Morgan fingerprint density at radius 3 is 2.50 bits per heavy atom. The average molecular weight is 259 g/mol. The summed E-state index contributed by atoms with van der Waals surface area (Å²) in [5.41, 5.74) is 0.723. The Balaban J connectivity index is 2.23.